The number of carbonyl (C=O) groups excluding carboxylic acids is 1. The lowest BCUT2D eigenvalue weighted by Gasteiger charge is -2.37. The molecule has 3 nitrogen and oxygen atoms in total. The monoisotopic (exact) mass is 328 g/mol. The van der Waals surface area contributed by atoms with Gasteiger partial charge in [-0.05, 0) is 43.0 Å². The van der Waals surface area contributed by atoms with Crippen molar-refractivity contribution in [3.63, 3.8) is 0 Å². The molecule has 1 aliphatic rings. The van der Waals surface area contributed by atoms with Gasteiger partial charge in [0.25, 0.3) is 0 Å². The summed E-state index contributed by atoms with van der Waals surface area (Å²) < 4.78 is 0. The Morgan fingerprint density at radius 3 is 2.67 bits per heavy atom. The summed E-state index contributed by atoms with van der Waals surface area (Å²) in [5.41, 5.74) is 6.74. The van der Waals surface area contributed by atoms with Crippen LogP contribution in [0, 0.1) is 5.92 Å². The molecule has 0 aliphatic heterocycles. The molecule has 21 heavy (non-hydrogen) atoms. The molecule has 2 rings (SSSR count). The summed E-state index contributed by atoms with van der Waals surface area (Å²) in [5, 5.41) is 0.999. The molecule has 1 aliphatic carbocycles. The Bertz CT molecular complexity index is 507. The number of nitrogens with zero attached hydrogens (tertiary/aromatic N) is 1. The Balaban J connectivity index is 2.02. The van der Waals surface area contributed by atoms with E-state index in [1.54, 1.807) is 12.1 Å². The van der Waals surface area contributed by atoms with Crippen LogP contribution < -0.4 is 5.73 Å². The van der Waals surface area contributed by atoms with Gasteiger partial charge < -0.3 is 10.6 Å². The van der Waals surface area contributed by atoms with Crippen LogP contribution in [0.4, 0.5) is 0 Å². The zero-order chi connectivity index (χ0) is 15.4. The van der Waals surface area contributed by atoms with Gasteiger partial charge in [0.1, 0.15) is 0 Å². The van der Waals surface area contributed by atoms with E-state index in [-0.39, 0.29) is 11.9 Å². The fourth-order valence-corrected chi connectivity index (χ4v) is 3.43. The van der Waals surface area contributed by atoms with Crippen molar-refractivity contribution >= 4 is 29.1 Å². The molecule has 0 aromatic heterocycles. The lowest BCUT2D eigenvalue weighted by molar-refractivity contribution is -0.132. The first kappa shape index (κ1) is 16.6. The number of nitrogens with two attached hydrogens (primary N) is 1. The average Bonchev–Trinajstić information content (AvgIpc) is 2.50. The molecule has 0 saturated heterocycles. The van der Waals surface area contributed by atoms with E-state index in [4.69, 9.17) is 28.9 Å². The Labute approximate surface area is 136 Å². The highest BCUT2D eigenvalue weighted by Gasteiger charge is 2.29. The van der Waals surface area contributed by atoms with Gasteiger partial charge >= 0.3 is 0 Å². The third-order valence-electron chi connectivity index (χ3n) is 4.40. The third kappa shape index (κ3) is 4.12. The highest BCUT2D eigenvalue weighted by Crippen LogP contribution is 2.28. The smallest absolute Gasteiger partial charge is 0.226 e. The summed E-state index contributed by atoms with van der Waals surface area (Å²) in [6, 6.07) is 5.60. The van der Waals surface area contributed by atoms with E-state index < -0.39 is 0 Å². The van der Waals surface area contributed by atoms with Crippen molar-refractivity contribution in [2.45, 2.75) is 38.1 Å². The van der Waals surface area contributed by atoms with Crippen LogP contribution in [-0.4, -0.2) is 30.4 Å². The van der Waals surface area contributed by atoms with Crippen molar-refractivity contribution in [1.29, 1.82) is 0 Å². The molecule has 1 fully saturated rings. The van der Waals surface area contributed by atoms with E-state index in [0.29, 0.717) is 28.9 Å². The molecule has 0 spiro atoms. The van der Waals surface area contributed by atoms with Gasteiger partial charge in [-0.15, -0.1) is 0 Å². The number of carbonyl (C=O) groups is 1. The summed E-state index contributed by atoms with van der Waals surface area (Å²) in [6.45, 7) is 0.648. The van der Waals surface area contributed by atoms with Gasteiger partial charge in [0.15, 0.2) is 0 Å². The number of hydrogen-bond donors (Lipinski definition) is 1. The Kier molecular flexibility index (Phi) is 5.91. The maximum atomic E-state index is 12.5. The summed E-state index contributed by atoms with van der Waals surface area (Å²) in [7, 11) is 1.89. The van der Waals surface area contributed by atoms with Crippen molar-refractivity contribution in [2.75, 3.05) is 13.6 Å². The van der Waals surface area contributed by atoms with Crippen molar-refractivity contribution in [3.8, 4) is 0 Å². The second-order valence-electron chi connectivity index (χ2n) is 5.78. The molecule has 2 N–H and O–H groups in total. The first-order chi connectivity index (χ1) is 10.0. The van der Waals surface area contributed by atoms with Crippen LogP contribution in [0.3, 0.4) is 0 Å². The molecule has 0 radical (unpaired) electrons. The van der Waals surface area contributed by atoms with Gasteiger partial charge in [-0.1, -0.05) is 42.1 Å². The summed E-state index contributed by atoms with van der Waals surface area (Å²) in [4.78, 5) is 14.4. The molecule has 5 heteroatoms. The van der Waals surface area contributed by atoms with Crippen molar-refractivity contribution in [1.82, 2.24) is 4.90 Å². The molecular formula is C16H22Cl2N2O. The van der Waals surface area contributed by atoms with Crippen LogP contribution in [0.25, 0.3) is 0 Å². The topological polar surface area (TPSA) is 46.3 Å². The fourth-order valence-electron chi connectivity index (χ4n) is 3.11. The van der Waals surface area contributed by atoms with E-state index in [9.17, 15) is 4.79 Å². The van der Waals surface area contributed by atoms with Crippen LogP contribution >= 0.6 is 23.2 Å². The van der Waals surface area contributed by atoms with Crippen LogP contribution in [-0.2, 0) is 11.2 Å². The maximum Gasteiger partial charge on any atom is 0.226 e. The molecule has 1 amide bonds. The van der Waals surface area contributed by atoms with Gasteiger partial charge in [0.2, 0.25) is 5.91 Å². The van der Waals surface area contributed by atoms with Crippen LogP contribution in [0.15, 0.2) is 18.2 Å². The summed E-state index contributed by atoms with van der Waals surface area (Å²) >= 11 is 11.9. The lowest BCUT2D eigenvalue weighted by atomic mass is 9.83. The largest absolute Gasteiger partial charge is 0.342 e. The van der Waals surface area contributed by atoms with Crippen LogP contribution in [0.1, 0.15) is 31.2 Å². The van der Waals surface area contributed by atoms with E-state index >= 15 is 0 Å². The fraction of sp³-hybridized carbons (Fsp3) is 0.562. The maximum absolute atomic E-state index is 12.5. The minimum atomic E-state index is 0.110. The van der Waals surface area contributed by atoms with Crippen molar-refractivity contribution in [3.05, 3.63) is 33.8 Å². The minimum Gasteiger partial charge on any atom is -0.342 e. The number of rotatable bonds is 4. The van der Waals surface area contributed by atoms with Gasteiger partial charge in [-0.2, -0.15) is 0 Å². The normalized spacial score (nSPS) is 22.1. The second-order valence-corrected chi connectivity index (χ2v) is 6.59. The molecule has 116 valence electrons. The standard InChI is InChI=1S/C16H22Cl2N2O/c1-20(15-5-3-2-4-12(15)10-19)16(21)9-11-6-7-13(17)14(18)8-11/h6-8,12,15H,2-5,9-10,19H2,1H3. The molecule has 1 saturated carbocycles. The highest BCUT2D eigenvalue weighted by molar-refractivity contribution is 6.42. The average molecular weight is 329 g/mol. The number of benzene rings is 1. The third-order valence-corrected chi connectivity index (χ3v) is 5.14. The highest BCUT2D eigenvalue weighted by atomic mass is 35.5. The zero-order valence-electron chi connectivity index (χ0n) is 12.3. The Morgan fingerprint density at radius 2 is 2.00 bits per heavy atom. The lowest BCUT2D eigenvalue weighted by Crippen LogP contribution is -2.46. The zero-order valence-corrected chi connectivity index (χ0v) is 13.8. The first-order valence-corrected chi connectivity index (χ1v) is 8.18. The molecule has 0 bridgehead atoms. The second kappa shape index (κ2) is 7.48. The SMILES string of the molecule is CN(C(=O)Cc1ccc(Cl)c(Cl)c1)C1CCCCC1CN. The van der Waals surface area contributed by atoms with E-state index in [1.807, 2.05) is 18.0 Å². The van der Waals surface area contributed by atoms with Crippen molar-refractivity contribution in [2.24, 2.45) is 11.7 Å². The van der Waals surface area contributed by atoms with Crippen LogP contribution in [0.2, 0.25) is 10.0 Å². The van der Waals surface area contributed by atoms with Gasteiger partial charge in [0, 0.05) is 13.1 Å². The van der Waals surface area contributed by atoms with E-state index in [2.05, 4.69) is 0 Å². The predicted molar refractivity (Wildman–Crippen MR) is 87.7 cm³/mol. The van der Waals surface area contributed by atoms with Gasteiger partial charge in [-0.25, -0.2) is 0 Å². The minimum absolute atomic E-state index is 0.110. The molecule has 0 heterocycles. The molecule has 1 aromatic rings. The van der Waals surface area contributed by atoms with Crippen LogP contribution in [0.5, 0.6) is 0 Å². The number of amides is 1. The van der Waals surface area contributed by atoms with Gasteiger partial charge in [-0.3, -0.25) is 4.79 Å². The quantitative estimate of drug-likeness (QED) is 0.919. The summed E-state index contributed by atoms with van der Waals surface area (Å²) in [5.74, 6) is 0.528. The molecule has 2 atom stereocenters. The molecule has 1 aromatic carbocycles. The first-order valence-electron chi connectivity index (χ1n) is 7.42. The Morgan fingerprint density at radius 1 is 1.29 bits per heavy atom. The van der Waals surface area contributed by atoms with Gasteiger partial charge in [0.05, 0.1) is 16.5 Å². The van der Waals surface area contributed by atoms with E-state index in [1.165, 1.54) is 12.8 Å². The summed E-state index contributed by atoms with van der Waals surface area (Å²) in [6.07, 6.45) is 4.90. The Hall–Kier alpha value is -0.770. The van der Waals surface area contributed by atoms with E-state index in [0.717, 1.165) is 18.4 Å². The van der Waals surface area contributed by atoms with Crippen molar-refractivity contribution < 1.29 is 4.79 Å². The number of likely N-dealkylation sites (N-methyl/N-ethyl adjacent to an activating group) is 1. The number of hydrogen-bond acceptors (Lipinski definition) is 2. The number of halogens is 2. The molecule has 2 unspecified atom stereocenters. The molecular weight excluding hydrogens is 307 g/mol. The predicted octanol–water partition coefficient (Wildman–Crippen LogP) is 3.51.